The fraction of sp³-hybridized carbons (Fsp3) is 0.500. The second-order valence-electron chi connectivity index (χ2n) is 6.22. The predicted octanol–water partition coefficient (Wildman–Crippen LogP) is 3.07. The standard InChI is InChI=1S/C18H26N4/c1-15-6-4-5-11-22(15)14-17-8-3-2-7-16(17)12-19-13-18-20-9-10-21-18/h2-3,7-10,15,19H,4-6,11-14H2,1H3,(H,20,21)/t15-/m1/s1. The van der Waals surface area contributed by atoms with Gasteiger partial charge in [-0.15, -0.1) is 0 Å². The van der Waals surface area contributed by atoms with Gasteiger partial charge in [-0.25, -0.2) is 4.98 Å². The molecule has 4 nitrogen and oxygen atoms in total. The van der Waals surface area contributed by atoms with Crippen LogP contribution in [-0.4, -0.2) is 27.5 Å². The first-order valence-electron chi connectivity index (χ1n) is 8.33. The molecule has 4 heteroatoms. The summed E-state index contributed by atoms with van der Waals surface area (Å²) in [6.07, 6.45) is 7.71. The quantitative estimate of drug-likeness (QED) is 0.861. The summed E-state index contributed by atoms with van der Waals surface area (Å²) >= 11 is 0. The van der Waals surface area contributed by atoms with Gasteiger partial charge in [-0.3, -0.25) is 4.90 Å². The molecule has 22 heavy (non-hydrogen) atoms. The van der Waals surface area contributed by atoms with Crippen molar-refractivity contribution < 1.29 is 0 Å². The van der Waals surface area contributed by atoms with Crippen LogP contribution in [0.15, 0.2) is 36.7 Å². The highest BCUT2D eigenvalue weighted by Crippen LogP contribution is 2.20. The van der Waals surface area contributed by atoms with Gasteiger partial charge in [0.05, 0.1) is 6.54 Å². The molecule has 2 heterocycles. The lowest BCUT2D eigenvalue weighted by molar-refractivity contribution is 0.152. The number of aromatic amines is 1. The minimum atomic E-state index is 0.706. The van der Waals surface area contributed by atoms with Gasteiger partial charge in [0.25, 0.3) is 0 Å². The van der Waals surface area contributed by atoms with E-state index in [0.717, 1.165) is 25.5 Å². The molecule has 0 aliphatic carbocycles. The van der Waals surface area contributed by atoms with E-state index in [9.17, 15) is 0 Å². The van der Waals surface area contributed by atoms with Gasteiger partial charge in [0.2, 0.25) is 0 Å². The molecule has 1 atom stereocenters. The van der Waals surface area contributed by atoms with Crippen molar-refractivity contribution in [3.8, 4) is 0 Å². The minimum Gasteiger partial charge on any atom is -0.348 e. The van der Waals surface area contributed by atoms with Crippen molar-refractivity contribution >= 4 is 0 Å². The van der Waals surface area contributed by atoms with Crippen LogP contribution in [0.5, 0.6) is 0 Å². The molecule has 1 aliphatic heterocycles. The molecule has 2 aromatic rings. The van der Waals surface area contributed by atoms with Crippen molar-refractivity contribution in [1.82, 2.24) is 20.2 Å². The first-order valence-corrected chi connectivity index (χ1v) is 8.33. The lowest BCUT2D eigenvalue weighted by Gasteiger charge is -2.33. The molecular weight excluding hydrogens is 272 g/mol. The zero-order valence-electron chi connectivity index (χ0n) is 13.4. The van der Waals surface area contributed by atoms with Crippen LogP contribution in [0.4, 0.5) is 0 Å². The second-order valence-corrected chi connectivity index (χ2v) is 6.22. The fourth-order valence-corrected chi connectivity index (χ4v) is 3.21. The molecule has 0 radical (unpaired) electrons. The van der Waals surface area contributed by atoms with E-state index >= 15 is 0 Å². The van der Waals surface area contributed by atoms with Crippen LogP contribution in [0.3, 0.4) is 0 Å². The van der Waals surface area contributed by atoms with E-state index in [1.165, 1.54) is 36.9 Å². The van der Waals surface area contributed by atoms with E-state index in [4.69, 9.17) is 0 Å². The molecule has 3 rings (SSSR count). The van der Waals surface area contributed by atoms with Gasteiger partial charge >= 0.3 is 0 Å². The zero-order valence-corrected chi connectivity index (χ0v) is 13.4. The van der Waals surface area contributed by atoms with Gasteiger partial charge in [0, 0.05) is 31.5 Å². The summed E-state index contributed by atoms with van der Waals surface area (Å²) in [4.78, 5) is 9.99. The summed E-state index contributed by atoms with van der Waals surface area (Å²) in [5.41, 5.74) is 2.84. The van der Waals surface area contributed by atoms with Crippen LogP contribution in [0, 0.1) is 0 Å². The Labute approximate surface area is 133 Å². The Kier molecular flexibility index (Phi) is 5.24. The Balaban J connectivity index is 1.59. The maximum Gasteiger partial charge on any atom is 0.120 e. The first-order chi connectivity index (χ1) is 10.8. The van der Waals surface area contributed by atoms with E-state index in [0.29, 0.717) is 6.04 Å². The van der Waals surface area contributed by atoms with Gasteiger partial charge < -0.3 is 10.3 Å². The third-order valence-corrected chi connectivity index (χ3v) is 4.60. The Morgan fingerprint density at radius 1 is 1.23 bits per heavy atom. The van der Waals surface area contributed by atoms with Gasteiger partial charge in [-0.1, -0.05) is 30.7 Å². The molecule has 0 unspecified atom stereocenters. The number of hydrogen-bond donors (Lipinski definition) is 2. The van der Waals surface area contributed by atoms with Crippen molar-refractivity contribution in [3.05, 3.63) is 53.6 Å². The normalized spacial score (nSPS) is 19.4. The number of benzene rings is 1. The summed E-state index contributed by atoms with van der Waals surface area (Å²) in [5, 5.41) is 3.48. The molecule has 0 bridgehead atoms. The molecule has 1 fully saturated rings. The summed E-state index contributed by atoms with van der Waals surface area (Å²) in [5.74, 6) is 0.988. The van der Waals surface area contributed by atoms with E-state index in [-0.39, 0.29) is 0 Å². The average Bonchev–Trinajstić information content (AvgIpc) is 3.04. The molecule has 1 saturated heterocycles. The number of nitrogens with one attached hydrogen (secondary N) is 2. The molecule has 0 spiro atoms. The summed E-state index contributed by atoms with van der Waals surface area (Å²) in [6, 6.07) is 9.50. The maximum atomic E-state index is 4.25. The second kappa shape index (κ2) is 7.56. The average molecular weight is 298 g/mol. The van der Waals surface area contributed by atoms with Crippen LogP contribution in [-0.2, 0) is 19.6 Å². The highest BCUT2D eigenvalue weighted by atomic mass is 15.2. The van der Waals surface area contributed by atoms with Crippen LogP contribution in [0.2, 0.25) is 0 Å². The van der Waals surface area contributed by atoms with Crippen molar-refractivity contribution in [2.45, 2.75) is 51.9 Å². The summed E-state index contributed by atoms with van der Waals surface area (Å²) in [6.45, 7) is 6.33. The summed E-state index contributed by atoms with van der Waals surface area (Å²) in [7, 11) is 0. The fourth-order valence-electron chi connectivity index (χ4n) is 3.21. The molecule has 2 N–H and O–H groups in total. The molecule has 0 amide bonds. The van der Waals surface area contributed by atoms with Crippen LogP contribution in [0.25, 0.3) is 0 Å². The Hall–Kier alpha value is -1.65. The number of hydrogen-bond acceptors (Lipinski definition) is 3. The van der Waals surface area contributed by atoms with Gasteiger partial charge in [-0.2, -0.15) is 0 Å². The largest absolute Gasteiger partial charge is 0.348 e. The third kappa shape index (κ3) is 3.96. The number of rotatable bonds is 6. The Morgan fingerprint density at radius 3 is 2.86 bits per heavy atom. The summed E-state index contributed by atoms with van der Waals surface area (Å²) < 4.78 is 0. The predicted molar refractivity (Wildman–Crippen MR) is 89.3 cm³/mol. The SMILES string of the molecule is C[C@@H]1CCCCN1Cc1ccccc1CNCc1ncc[nH]1. The highest BCUT2D eigenvalue weighted by Gasteiger charge is 2.18. The van der Waals surface area contributed by atoms with Gasteiger partial charge in [0.1, 0.15) is 5.82 Å². The molecule has 1 aliphatic rings. The number of piperidine rings is 1. The smallest absolute Gasteiger partial charge is 0.120 e. The van der Waals surface area contributed by atoms with Crippen LogP contribution >= 0.6 is 0 Å². The zero-order chi connectivity index (χ0) is 15.2. The Bertz CT molecular complexity index is 564. The lowest BCUT2D eigenvalue weighted by Crippen LogP contribution is -2.37. The number of likely N-dealkylation sites (tertiary alicyclic amines) is 1. The molecule has 0 saturated carbocycles. The number of nitrogens with zero attached hydrogens (tertiary/aromatic N) is 2. The van der Waals surface area contributed by atoms with Crippen molar-refractivity contribution in [2.75, 3.05) is 6.54 Å². The van der Waals surface area contributed by atoms with Crippen LogP contribution in [0.1, 0.15) is 43.1 Å². The highest BCUT2D eigenvalue weighted by molar-refractivity contribution is 5.27. The number of H-pyrrole nitrogens is 1. The van der Waals surface area contributed by atoms with E-state index in [2.05, 4.69) is 51.4 Å². The van der Waals surface area contributed by atoms with E-state index in [1.807, 2.05) is 6.20 Å². The maximum absolute atomic E-state index is 4.25. The number of aromatic nitrogens is 2. The van der Waals surface area contributed by atoms with Crippen molar-refractivity contribution in [3.63, 3.8) is 0 Å². The van der Waals surface area contributed by atoms with Crippen LogP contribution < -0.4 is 5.32 Å². The van der Waals surface area contributed by atoms with E-state index < -0.39 is 0 Å². The monoisotopic (exact) mass is 298 g/mol. The van der Waals surface area contributed by atoms with Crippen molar-refractivity contribution in [1.29, 1.82) is 0 Å². The third-order valence-electron chi connectivity index (χ3n) is 4.60. The Morgan fingerprint density at radius 2 is 2.09 bits per heavy atom. The van der Waals surface area contributed by atoms with Crippen molar-refractivity contribution in [2.24, 2.45) is 0 Å². The molecular formula is C18H26N4. The molecule has 1 aromatic heterocycles. The van der Waals surface area contributed by atoms with Gasteiger partial charge in [-0.05, 0) is 37.4 Å². The molecule has 1 aromatic carbocycles. The van der Waals surface area contributed by atoms with Gasteiger partial charge in [0.15, 0.2) is 0 Å². The molecule has 118 valence electrons. The first kappa shape index (κ1) is 15.3. The lowest BCUT2D eigenvalue weighted by atomic mass is 10.0. The minimum absolute atomic E-state index is 0.706. The van der Waals surface area contributed by atoms with E-state index in [1.54, 1.807) is 6.20 Å². The topological polar surface area (TPSA) is 44.0 Å². The number of imidazole rings is 1.